The molecule has 5 rings (SSSR count). The van der Waals surface area contributed by atoms with Crippen molar-refractivity contribution in [3.05, 3.63) is 52.8 Å². The van der Waals surface area contributed by atoms with Crippen LogP contribution in [-0.2, 0) is 17.8 Å². The first kappa shape index (κ1) is 21.2. The zero-order valence-corrected chi connectivity index (χ0v) is 18.9. The number of amides is 2. The smallest absolute Gasteiger partial charge is 0.257 e. The van der Waals surface area contributed by atoms with Gasteiger partial charge in [-0.1, -0.05) is 24.3 Å². The molecule has 2 fully saturated rings. The molecule has 1 atom stereocenters. The van der Waals surface area contributed by atoms with Crippen molar-refractivity contribution in [3.63, 3.8) is 0 Å². The molecule has 0 radical (unpaired) electrons. The number of aromatic amines is 1. The summed E-state index contributed by atoms with van der Waals surface area (Å²) in [4.78, 5) is 32.6. The van der Waals surface area contributed by atoms with Gasteiger partial charge in [0.2, 0.25) is 5.91 Å². The third-order valence-corrected chi connectivity index (χ3v) is 7.58. The largest absolute Gasteiger partial charge is 0.341 e. The molecule has 3 aliphatic rings. The van der Waals surface area contributed by atoms with E-state index in [4.69, 9.17) is 0 Å². The van der Waals surface area contributed by atoms with Crippen LogP contribution < -0.4 is 0 Å². The fraction of sp³-hybridized carbons (Fsp3) is 0.560. The lowest BCUT2D eigenvalue weighted by atomic mass is 9.90. The topological polar surface area (TPSA) is 72.5 Å². The van der Waals surface area contributed by atoms with E-state index in [1.807, 2.05) is 22.8 Å². The third-order valence-electron chi connectivity index (χ3n) is 7.58. The lowest BCUT2D eigenvalue weighted by Crippen LogP contribution is -2.48. The van der Waals surface area contributed by atoms with Crippen molar-refractivity contribution in [1.82, 2.24) is 24.9 Å². The second-order valence-electron chi connectivity index (χ2n) is 9.46. The van der Waals surface area contributed by atoms with Crippen LogP contribution in [0.4, 0.5) is 0 Å². The summed E-state index contributed by atoms with van der Waals surface area (Å²) in [5, 5.41) is 7.35. The number of H-pyrrole nitrogens is 1. The number of rotatable bonds is 4. The Morgan fingerprint density at radius 1 is 1.00 bits per heavy atom. The standard InChI is InChI=1S/C25H33N5O2/c1-18(28-11-4-5-12-28)24(31)29-13-9-20(10-14-29)23-22(16-26-27-23)25(32)30-15-8-19-6-2-3-7-21(19)17-30/h2-3,6-7,16,18,20H,4-5,8-15,17H2,1H3,(H,26,27). The number of nitrogens with zero attached hydrogens (tertiary/aromatic N) is 4. The van der Waals surface area contributed by atoms with E-state index in [0.29, 0.717) is 12.1 Å². The maximum absolute atomic E-state index is 13.3. The monoisotopic (exact) mass is 435 g/mol. The summed E-state index contributed by atoms with van der Waals surface area (Å²) in [5.74, 6) is 0.544. The van der Waals surface area contributed by atoms with Crippen LogP contribution in [-0.4, -0.2) is 75.5 Å². The van der Waals surface area contributed by atoms with Crippen molar-refractivity contribution >= 4 is 11.8 Å². The zero-order chi connectivity index (χ0) is 22.1. The molecule has 1 N–H and O–H groups in total. The minimum absolute atomic E-state index is 0.0275. The lowest BCUT2D eigenvalue weighted by Gasteiger charge is -2.35. The van der Waals surface area contributed by atoms with E-state index in [-0.39, 0.29) is 23.8 Å². The van der Waals surface area contributed by atoms with Crippen LogP contribution in [0.1, 0.15) is 65.7 Å². The number of aromatic nitrogens is 2. The molecule has 0 saturated carbocycles. The molecule has 1 aromatic carbocycles. The number of benzene rings is 1. The quantitative estimate of drug-likeness (QED) is 0.802. The Balaban J connectivity index is 1.22. The molecule has 32 heavy (non-hydrogen) atoms. The van der Waals surface area contributed by atoms with Crippen LogP contribution in [0.25, 0.3) is 0 Å². The number of fused-ring (bicyclic) bond motifs is 1. The van der Waals surface area contributed by atoms with Gasteiger partial charge in [0.05, 0.1) is 23.5 Å². The molecule has 4 heterocycles. The van der Waals surface area contributed by atoms with Crippen LogP contribution in [0.15, 0.2) is 30.5 Å². The number of likely N-dealkylation sites (tertiary alicyclic amines) is 2. The summed E-state index contributed by atoms with van der Waals surface area (Å²) in [6.07, 6.45) is 6.70. The molecule has 7 heteroatoms. The average molecular weight is 436 g/mol. The number of carbonyl (C=O) groups is 2. The number of piperidine rings is 1. The van der Waals surface area contributed by atoms with Gasteiger partial charge in [0, 0.05) is 32.1 Å². The van der Waals surface area contributed by atoms with Crippen molar-refractivity contribution in [3.8, 4) is 0 Å². The van der Waals surface area contributed by atoms with Crippen molar-refractivity contribution in [1.29, 1.82) is 0 Å². The average Bonchev–Trinajstić information content (AvgIpc) is 3.55. The summed E-state index contributed by atoms with van der Waals surface area (Å²) in [6, 6.07) is 8.34. The Morgan fingerprint density at radius 2 is 1.72 bits per heavy atom. The maximum atomic E-state index is 13.3. The molecule has 0 bridgehead atoms. The van der Waals surface area contributed by atoms with E-state index in [1.165, 1.54) is 24.0 Å². The van der Waals surface area contributed by atoms with Gasteiger partial charge in [0.15, 0.2) is 0 Å². The van der Waals surface area contributed by atoms with E-state index in [0.717, 1.165) is 57.7 Å². The van der Waals surface area contributed by atoms with Gasteiger partial charge in [0.1, 0.15) is 0 Å². The second-order valence-corrected chi connectivity index (χ2v) is 9.46. The molecular weight excluding hydrogens is 402 g/mol. The summed E-state index contributed by atoms with van der Waals surface area (Å²) in [6.45, 7) is 6.98. The minimum Gasteiger partial charge on any atom is -0.341 e. The van der Waals surface area contributed by atoms with Crippen LogP contribution >= 0.6 is 0 Å². The van der Waals surface area contributed by atoms with Gasteiger partial charge in [-0.25, -0.2) is 0 Å². The van der Waals surface area contributed by atoms with Crippen molar-refractivity contribution < 1.29 is 9.59 Å². The fourth-order valence-electron chi connectivity index (χ4n) is 5.56. The lowest BCUT2D eigenvalue weighted by molar-refractivity contribution is -0.137. The molecule has 1 aromatic heterocycles. The fourth-order valence-corrected chi connectivity index (χ4v) is 5.56. The van der Waals surface area contributed by atoms with Gasteiger partial charge in [-0.05, 0) is 63.2 Å². The SMILES string of the molecule is CC(C(=O)N1CCC(c2[nH]ncc2C(=O)N2CCc3ccccc3C2)CC1)N1CCCC1. The third kappa shape index (κ3) is 4.06. The highest BCUT2D eigenvalue weighted by atomic mass is 16.2. The molecule has 0 aliphatic carbocycles. The van der Waals surface area contributed by atoms with Gasteiger partial charge < -0.3 is 9.80 Å². The van der Waals surface area contributed by atoms with E-state index in [2.05, 4.69) is 33.3 Å². The van der Waals surface area contributed by atoms with E-state index in [1.54, 1.807) is 6.20 Å². The second kappa shape index (κ2) is 9.06. The van der Waals surface area contributed by atoms with Gasteiger partial charge >= 0.3 is 0 Å². The molecule has 2 amide bonds. The zero-order valence-electron chi connectivity index (χ0n) is 18.9. The first-order valence-electron chi connectivity index (χ1n) is 12.0. The van der Waals surface area contributed by atoms with Crippen LogP contribution in [0.5, 0.6) is 0 Å². The Bertz CT molecular complexity index is 972. The normalized spacial score (nSPS) is 20.9. The van der Waals surface area contributed by atoms with Crippen molar-refractivity contribution in [2.75, 3.05) is 32.7 Å². The van der Waals surface area contributed by atoms with Gasteiger partial charge in [0.25, 0.3) is 5.91 Å². The summed E-state index contributed by atoms with van der Waals surface area (Å²) in [5.41, 5.74) is 4.20. The number of carbonyl (C=O) groups excluding carboxylic acids is 2. The summed E-state index contributed by atoms with van der Waals surface area (Å²) >= 11 is 0. The molecule has 170 valence electrons. The first-order chi connectivity index (χ1) is 15.6. The Hall–Kier alpha value is -2.67. The highest BCUT2D eigenvalue weighted by Gasteiger charge is 2.33. The molecule has 3 aliphatic heterocycles. The van der Waals surface area contributed by atoms with E-state index < -0.39 is 0 Å². The summed E-state index contributed by atoms with van der Waals surface area (Å²) in [7, 11) is 0. The number of hydrogen-bond donors (Lipinski definition) is 1. The Morgan fingerprint density at radius 3 is 2.47 bits per heavy atom. The highest BCUT2D eigenvalue weighted by Crippen LogP contribution is 2.31. The highest BCUT2D eigenvalue weighted by molar-refractivity contribution is 5.95. The molecule has 7 nitrogen and oxygen atoms in total. The van der Waals surface area contributed by atoms with Crippen molar-refractivity contribution in [2.45, 2.75) is 57.5 Å². The Labute approximate surface area is 189 Å². The van der Waals surface area contributed by atoms with Crippen LogP contribution in [0, 0.1) is 0 Å². The van der Waals surface area contributed by atoms with Gasteiger partial charge in [-0.3, -0.25) is 19.6 Å². The van der Waals surface area contributed by atoms with Crippen LogP contribution in [0.2, 0.25) is 0 Å². The number of nitrogens with one attached hydrogen (secondary N) is 1. The van der Waals surface area contributed by atoms with Gasteiger partial charge in [-0.15, -0.1) is 0 Å². The van der Waals surface area contributed by atoms with Crippen molar-refractivity contribution in [2.24, 2.45) is 0 Å². The van der Waals surface area contributed by atoms with E-state index in [9.17, 15) is 9.59 Å². The number of hydrogen-bond acceptors (Lipinski definition) is 4. The molecule has 2 saturated heterocycles. The predicted octanol–water partition coefficient (Wildman–Crippen LogP) is 2.80. The molecular formula is C25H33N5O2. The maximum Gasteiger partial charge on any atom is 0.257 e. The minimum atomic E-state index is -0.0275. The summed E-state index contributed by atoms with van der Waals surface area (Å²) < 4.78 is 0. The Kier molecular flexibility index (Phi) is 6.00. The molecule has 1 unspecified atom stereocenters. The predicted molar refractivity (Wildman–Crippen MR) is 122 cm³/mol. The molecule has 2 aromatic rings. The first-order valence-corrected chi connectivity index (χ1v) is 12.0. The molecule has 0 spiro atoms. The van der Waals surface area contributed by atoms with E-state index >= 15 is 0 Å². The van der Waals surface area contributed by atoms with Crippen LogP contribution in [0.3, 0.4) is 0 Å². The van der Waals surface area contributed by atoms with Gasteiger partial charge in [-0.2, -0.15) is 5.10 Å².